The summed E-state index contributed by atoms with van der Waals surface area (Å²) in [6.45, 7) is 0.895. The molecule has 0 radical (unpaired) electrons. The molecule has 0 fully saturated rings. The van der Waals surface area contributed by atoms with Crippen LogP contribution in [0.15, 0.2) is 36.5 Å². The Bertz CT molecular complexity index is 736. The Balaban J connectivity index is 1.84. The second kappa shape index (κ2) is 4.09. The molecule has 4 nitrogen and oxygen atoms in total. The normalized spacial score (nSPS) is 16.4. The van der Waals surface area contributed by atoms with Crippen LogP contribution in [0.3, 0.4) is 0 Å². The van der Waals surface area contributed by atoms with Gasteiger partial charge in [0.05, 0.1) is 24.1 Å². The Morgan fingerprint density at radius 1 is 1.11 bits per heavy atom. The van der Waals surface area contributed by atoms with Crippen LogP contribution in [0.5, 0.6) is 0 Å². The second-order valence-corrected chi connectivity index (χ2v) is 4.92. The molecule has 1 aromatic heterocycles. The monoisotopic (exact) mass is 250 g/mol. The number of nitrogens with zero attached hydrogens (tertiary/aromatic N) is 3. The zero-order valence-corrected chi connectivity index (χ0v) is 10.5. The van der Waals surface area contributed by atoms with E-state index in [1.54, 1.807) is 0 Å². The van der Waals surface area contributed by atoms with Gasteiger partial charge in [0.2, 0.25) is 0 Å². The highest BCUT2D eigenvalue weighted by molar-refractivity contribution is 5.61. The van der Waals surface area contributed by atoms with Gasteiger partial charge in [0.15, 0.2) is 0 Å². The lowest BCUT2D eigenvalue weighted by atomic mass is 10.2. The molecule has 1 aromatic carbocycles. The maximum Gasteiger partial charge on any atom is 0.0713 e. The number of hydrazine groups is 1. The summed E-state index contributed by atoms with van der Waals surface area (Å²) in [6.07, 6.45) is 5.96. The van der Waals surface area contributed by atoms with Crippen LogP contribution in [-0.4, -0.2) is 16.7 Å². The van der Waals surface area contributed by atoms with E-state index in [4.69, 9.17) is 0 Å². The van der Waals surface area contributed by atoms with E-state index in [-0.39, 0.29) is 0 Å². The third-order valence-electron chi connectivity index (χ3n) is 3.76. The van der Waals surface area contributed by atoms with Gasteiger partial charge in [0.25, 0.3) is 0 Å². The van der Waals surface area contributed by atoms with Crippen LogP contribution in [0.2, 0.25) is 0 Å². The molecule has 0 saturated carbocycles. The quantitative estimate of drug-likeness (QED) is 0.792. The van der Waals surface area contributed by atoms with Crippen LogP contribution in [0.1, 0.15) is 12.1 Å². The van der Waals surface area contributed by atoms with Gasteiger partial charge in [-0.3, -0.25) is 5.01 Å². The molecule has 19 heavy (non-hydrogen) atoms. The van der Waals surface area contributed by atoms with Crippen LogP contribution in [0.25, 0.3) is 11.8 Å². The molecule has 1 aliphatic carbocycles. The highest BCUT2D eigenvalue weighted by Crippen LogP contribution is 2.18. The molecule has 2 heterocycles. The van der Waals surface area contributed by atoms with E-state index in [1.165, 1.54) is 16.5 Å². The lowest BCUT2D eigenvalue weighted by Gasteiger charge is -2.24. The summed E-state index contributed by atoms with van der Waals surface area (Å²) in [5.41, 5.74) is 7.13. The summed E-state index contributed by atoms with van der Waals surface area (Å²) < 4.78 is 0. The fourth-order valence-corrected chi connectivity index (χ4v) is 2.84. The molecule has 94 valence electrons. The largest absolute Gasteiger partial charge is 0.305 e. The van der Waals surface area contributed by atoms with Crippen molar-refractivity contribution in [2.24, 2.45) is 0 Å². The van der Waals surface area contributed by atoms with Gasteiger partial charge < -0.3 is 5.43 Å². The molecule has 0 bridgehead atoms. The minimum atomic E-state index is 0.895. The van der Waals surface area contributed by atoms with E-state index in [1.807, 2.05) is 18.5 Å². The molecule has 0 spiro atoms. The minimum Gasteiger partial charge on any atom is -0.305 e. The van der Waals surface area contributed by atoms with Crippen molar-refractivity contribution in [3.05, 3.63) is 52.7 Å². The summed E-state index contributed by atoms with van der Waals surface area (Å²) in [5, 5.41) is 13.0. The lowest BCUT2D eigenvalue weighted by molar-refractivity contribution is 0.813. The van der Waals surface area contributed by atoms with Gasteiger partial charge in [-0.25, -0.2) is 0 Å². The molecule has 1 aliphatic heterocycles. The van der Waals surface area contributed by atoms with Gasteiger partial charge in [-0.05, 0) is 30.5 Å². The summed E-state index contributed by atoms with van der Waals surface area (Å²) in [5.74, 6) is 0. The number of aromatic nitrogens is 2. The standard InChI is InChI=1S/C15H14N4/c1-2-4-13(5-3-1)19-10-11-6-7-14-15(11)12(9-17-19)8-16-18-14/h1-5,8-9,17H,6-7,10H2. The molecule has 1 N–H and O–H groups in total. The van der Waals surface area contributed by atoms with Crippen LogP contribution in [0.4, 0.5) is 5.69 Å². The molecular weight excluding hydrogens is 236 g/mol. The number of nitrogens with one attached hydrogen (secondary N) is 1. The van der Waals surface area contributed by atoms with Crippen LogP contribution >= 0.6 is 0 Å². The summed E-state index contributed by atoms with van der Waals surface area (Å²) >= 11 is 0. The predicted molar refractivity (Wildman–Crippen MR) is 74.4 cm³/mol. The molecular formula is C15H14N4. The minimum absolute atomic E-state index is 0.895. The van der Waals surface area contributed by atoms with Crippen LogP contribution < -0.4 is 20.9 Å². The number of para-hydroxylation sites is 1. The first kappa shape index (κ1) is 10.6. The Hall–Kier alpha value is -2.36. The smallest absolute Gasteiger partial charge is 0.0713 e. The molecule has 4 heteroatoms. The number of anilines is 1. The van der Waals surface area contributed by atoms with Gasteiger partial charge in [-0.15, -0.1) is 0 Å². The first-order valence-corrected chi connectivity index (χ1v) is 6.53. The molecule has 0 saturated heterocycles. The topological polar surface area (TPSA) is 41.1 Å². The van der Waals surface area contributed by atoms with E-state index in [0.29, 0.717) is 0 Å². The van der Waals surface area contributed by atoms with Crippen molar-refractivity contribution in [2.45, 2.75) is 12.8 Å². The molecule has 2 aliphatic rings. The summed E-state index contributed by atoms with van der Waals surface area (Å²) in [6, 6.07) is 10.4. The number of benzene rings is 1. The number of hydrogen-bond acceptors (Lipinski definition) is 4. The predicted octanol–water partition coefficient (Wildman–Crippen LogP) is 0.336. The van der Waals surface area contributed by atoms with E-state index in [0.717, 1.165) is 30.3 Å². The van der Waals surface area contributed by atoms with Crippen molar-refractivity contribution in [3.8, 4) is 0 Å². The summed E-state index contributed by atoms with van der Waals surface area (Å²) in [7, 11) is 0. The third-order valence-corrected chi connectivity index (χ3v) is 3.76. The van der Waals surface area contributed by atoms with Crippen molar-refractivity contribution >= 4 is 17.5 Å². The number of hydrogen-bond donors (Lipinski definition) is 1. The van der Waals surface area contributed by atoms with Crippen LogP contribution in [-0.2, 0) is 6.42 Å². The SMILES string of the molecule is C1=c2cnnc3c2=C(CC3)CN(c2ccccc2)N1. The van der Waals surface area contributed by atoms with Crippen LogP contribution in [0, 0.1) is 0 Å². The van der Waals surface area contributed by atoms with E-state index >= 15 is 0 Å². The highest BCUT2D eigenvalue weighted by Gasteiger charge is 2.19. The van der Waals surface area contributed by atoms with Crippen molar-refractivity contribution in [3.63, 3.8) is 0 Å². The van der Waals surface area contributed by atoms with Crippen molar-refractivity contribution in [1.82, 2.24) is 15.6 Å². The number of rotatable bonds is 1. The van der Waals surface area contributed by atoms with Crippen molar-refractivity contribution in [1.29, 1.82) is 0 Å². The van der Waals surface area contributed by atoms with Gasteiger partial charge in [-0.1, -0.05) is 18.2 Å². The van der Waals surface area contributed by atoms with Crippen molar-refractivity contribution in [2.75, 3.05) is 11.6 Å². The first-order valence-electron chi connectivity index (χ1n) is 6.53. The average Bonchev–Trinajstić information content (AvgIpc) is 2.77. The van der Waals surface area contributed by atoms with Gasteiger partial charge >= 0.3 is 0 Å². The van der Waals surface area contributed by atoms with E-state index < -0.39 is 0 Å². The second-order valence-electron chi connectivity index (χ2n) is 4.92. The molecule has 2 aromatic rings. The molecule has 0 amide bonds. The zero-order valence-electron chi connectivity index (χ0n) is 10.5. The van der Waals surface area contributed by atoms with E-state index in [9.17, 15) is 0 Å². The maximum atomic E-state index is 4.25. The Morgan fingerprint density at radius 2 is 2.00 bits per heavy atom. The van der Waals surface area contributed by atoms with E-state index in [2.05, 4.69) is 44.9 Å². The van der Waals surface area contributed by atoms with Gasteiger partial charge in [0, 0.05) is 16.6 Å². The Kier molecular flexibility index (Phi) is 2.27. The zero-order chi connectivity index (χ0) is 12.7. The molecule has 0 atom stereocenters. The number of aryl methyl sites for hydroxylation is 1. The molecule has 4 rings (SSSR count). The Morgan fingerprint density at radius 3 is 2.89 bits per heavy atom. The highest BCUT2D eigenvalue weighted by atomic mass is 15.5. The van der Waals surface area contributed by atoms with Gasteiger partial charge in [0.1, 0.15) is 0 Å². The lowest BCUT2D eigenvalue weighted by Crippen LogP contribution is -2.35. The Labute approximate surface area is 111 Å². The fraction of sp³-hybridized carbons (Fsp3) is 0.200. The third kappa shape index (κ3) is 1.68. The maximum absolute atomic E-state index is 4.25. The fourth-order valence-electron chi connectivity index (χ4n) is 2.84. The van der Waals surface area contributed by atoms with Crippen molar-refractivity contribution < 1.29 is 0 Å². The molecule has 0 unspecified atom stereocenters. The first-order chi connectivity index (χ1) is 9.42. The van der Waals surface area contributed by atoms with Gasteiger partial charge in [-0.2, -0.15) is 10.2 Å². The average molecular weight is 250 g/mol. The summed E-state index contributed by atoms with van der Waals surface area (Å²) in [4.78, 5) is 0.